The molecule has 1 aromatic carbocycles. The summed E-state index contributed by atoms with van der Waals surface area (Å²) in [6, 6.07) is 5.56. The molecule has 144 valence electrons. The number of amides is 1. The number of hydrogen-bond donors (Lipinski definition) is 1. The van der Waals surface area contributed by atoms with Gasteiger partial charge in [-0.2, -0.15) is 0 Å². The van der Waals surface area contributed by atoms with E-state index < -0.39 is 0 Å². The molecule has 0 aliphatic carbocycles. The maximum Gasteiger partial charge on any atom is 0.250 e. The Labute approximate surface area is 162 Å². The van der Waals surface area contributed by atoms with Crippen LogP contribution in [0.1, 0.15) is 43.4 Å². The molecule has 8 heteroatoms. The predicted octanol–water partition coefficient (Wildman–Crippen LogP) is 3.84. The Bertz CT molecular complexity index is 800. The summed E-state index contributed by atoms with van der Waals surface area (Å²) in [4.78, 5) is 12.2. The zero-order chi connectivity index (χ0) is 19.1. The van der Waals surface area contributed by atoms with Gasteiger partial charge in [0.1, 0.15) is 11.1 Å². The third-order valence-corrected chi connectivity index (χ3v) is 4.80. The highest BCUT2D eigenvalue weighted by atomic mass is 32.1. The van der Waals surface area contributed by atoms with Crippen molar-refractivity contribution in [3.8, 4) is 11.5 Å². The molecule has 1 aromatic heterocycles. The van der Waals surface area contributed by atoms with Crippen LogP contribution in [0, 0.1) is 0 Å². The Morgan fingerprint density at radius 2 is 2.11 bits per heavy atom. The summed E-state index contributed by atoms with van der Waals surface area (Å²) in [5, 5.41) is 12.1. The Morgan fingerprint density at radius 1 is 1.30 bits per heavy atom. The molecule has 0 bridgehead atoms. The van der Waals surface area contributed by atoms with E-state index >= 15 is 0 Å². The van der Waals surface area contributed by atoms with Crippen molar-refractivity contribution in [3.63, 3.8) is 0 Å². The van der Waals surface area contributed by atoms with Gasteiger partial charge >= 0.3 is 0 Å². The monoisotopic (exact) mass is 389 g/mol. The fourth-order valence-electron chi connectivity index (χ4n) is 2.68. The van der Waals surface area contributed by atoms with Crippen LogP contribution in [0.15, 0.2) is 24.3 Å². The molecular formula is C19H23N3O4S. The highest BCUT2D eigenvalue weighted by molar-refractivity contribution is 7.15. The SMILES string of the molecule is CCOc1ccc(/C=C/C(=O)Nc2nnc(C3CCCO3)s2)cc1OCC. The number of aromatic nitrogens is 2. The molecule has 7 nitrogen and oxygen atoms in total. The van der Waals surface area contributed by atoms with Crippen molar-refractivity contribution in [1.82, 2.24) is 10.2 Å². The van der Waals surface area contributed by atoms with E-state index in [2.05, 4.69) is 15.5 Å². The van der Waals surface area contributed by atoms with Gasteiger partial charge < -0.3 is 14.2 Å². The molecule has 2 heterocycles. The van der Waals surface area contributed by atoms with E-state index in [0.29, 0.717) is 29.8 Å². The number of benzene rings is 1. The minimum absolute atomic E-state index is 0.00420. The first-order chi connectivity index (χ1) is 13.2. The molecule has 2 aromatic rings. The summed E-state index contributed by atoms with van der Waals surface area (Å²) >= 11 is 1.35. The molecule has 1 unspecified atom stereocenters. The van der Waals surface area contributed by atoms with Gasteiger partial charge in [-0.3, -0.25) is 10.1 Å². The van der Waals surface area contributed by atoms with Crippen molar-refractivity contribution in [3.05, 3.63) is 34.8 Å². The zero-order valence-electron chi connectivity index (χ0n) is 15.4. The lowest BCUT2D eigenvalue weighted by atomic mass is 10.2. The summed E-state index contributed by atoms with van der Waals surface area (Å²) in [5.74, 6) is 1.08. The molecule has 1 atom stereocenters. The van der Waals surface area contributed by atoms with E-state index in [1.54, 1.807) is 6.08 Å². The van der Waals surface area contributed by atoms with Crippen molar-refractivity contribution < 1.29 is 19.0 Å². The molecule has 1 saturated heterocycles. The van der Waals surface area contributed by atoms with Crippen molar-refractivity contribution >= 4 is 28.5 Å². The molecule has 1 fully saturated rings. The fourth-order valence-corrected chi connectivity index (χ4v) is 3.51. The lowest BCUT2D eigenvalue weighted by molar-refractivity contribution is -0.111. The van der Waals surface area contributed by atoms with E-state index in [0.717, 1.165) is 30.0 Å². The number of carbonyl (C=O) groups is 1. The minimum atomic E-state index is -0.267. The van der Waals surface area contributed by atoms with Crippen LogP contribution in [0.2, 0.25) is 0 Å². The maximum absolute atomic E-state index is 12.2. The Balaban J connectivity index is 1.61. The van der Waals surface area contributed by atoms with Crippen molar-refractivity contribution in [2.24, 2.45) is 0 Å². The average molecular weight is 389 g/mol. The average Bonchev–Trinajstić information content (AvgIpc) is 3.34. The number of hydrogen-bond acceptors (Lipinski definition) is 7. The Kier molecular flexibility index (Phi) is 6.78. The molecule has 0 saturated carbocycles. The standard InChI is InChI=1S/C19H23N3O4S/c1-3-24-14-9-7-13(12-16(14)25-4-2)8-10-17(23)20-19-22-21-18(27-19)15-6-5-11-26-15/h7-10,12,15H,3-6,11H2,1-2H3,(H,20,22,23)/b10-8+. The first kappa shape index (κ1) is 19.3. The number of anilines is 1. The molecule has 27 heavy (non-hydrogen) atoms. The predicted molar refractivity (Wildman–Crippen MR) is 104 cm³/mol. The molecule has 1 aliphatic heterocycles. The zero-order valence-corrected chi connectivity index (χ0v) is 16.3. The maximum atomic E-state index is 12.2. The first-order valence-corrected chi connectivity index (χ1v) is 9.85. The van der Waals surface area contributed by atoms with Crippen molar-refractivity contribution in [2.75, 3.05) is 25.1 Å². The minimum Gasteiger partial charge on any atom is -0.490 e. The van der Waals surface area contributed by atoms with E-state index in [-0.39, 0.29) is 12.0 Å². The van der Waals surface area contributed by atoms with E-state index in [1.165, 1.54) is 17.4 Å². The molecule has 1 amide bonds. The Morgan fingerprint density at radius 3 is 2.85 bits per heavy atom. The summed E-state index contributed by atoms with van der Waals surface area (Å²) in [6.45, 7) is 5.69. The van der Waals surface area contributed by atoms with Gasteiger partial charge in [0.15, 0.2) is 11.5 Å². The van der Waals surface area contributed by atoms with Gasteiger partial charge in [0, 0.05) is 12.7 Å². The summed E-state index contributed by atoms with van der Waals surface area (Å²) in [5.41, 5.74) is 0.842. The third kappa shape index (κ3) is 5.27. The van der Waals surface area contributed by atoms with Crippen LogP contribution in [-0.4, -0.2) is 35.9 Å². The largest absolute Gasteiger partial charge is 0.490 e. The van der Waals surface area contributed by atoms with Gasteiger partial charge in [0.2, 0.25) is 11.0 Å². The van der Waals surface area contributed by atoms with Crippen LogP contribution in [0.3, 0.4) is 0 Å². The van der Waals surface area contributed by atoms with Crippen molar-refractivity contribution in [2.45, 2.75) is 32.8 Å². The second-order valence-corrected chi connectivity index (χ2v) is 6.85. The summed E-state index contributed by atoms with van der Waals surface area (Å²) in [7, 11) is 0. The van der Waals surface area contributed by atoms with Gasteiger partial charge in [-0.05, 0) is 50.5 Å². The summed E-state index contributed by atoms with van der Waals surface area (Å²) < 4.78 is 16.7. The smallest absolute Gasteiger partial charge is 0.250 e. The van der Waals surface area contributed by atoms with Gasteiger partial charge in [0.05, 0.1) is 13.2 Å². The molecule has 1 N–H and O–H groups in total. The van der Waals surface area contributed by atoms with Crippen LogP contribution in [0.5, 0.6) is 11.5 Å². The highest BCUT2D eigenvalue weighted by Crippen LogP contribution is 2.32. The molecule has 3 rings (SSSR count). The number of carbonyl (C=O) groups excluding carboxylic acids is 1. The van der Waals surface area contributed by atoms with Gasteiger partial charge in [-0.1, -0.05) is 17.4 Å². The van der Waals surface area contributed by atoms with Crippen LogP contribution >= 0.6 is 11.3 Å². The normalized spacial score (nSPS) is 16.6. The molecular weight excluding hydrogens is 366 g/mol. The van der Waals surface area contributed by atoms with Crippen LogP contribution in [-0.2, 0) is 9.53 Å². The lowest BCUT2D eigenvalue weighted by Gasteiger charge is -2.11. The number of nitrogens with zero attached hydrogens (tertiary/aromatic N) is 2. The fraction of sp³-hybridized carbons (Fsp3) is 0.421. The second-order valence-electron chi connectivity index (χ2n) is 5.84. The molecule has 0 spiro atoms. The number of rotatable bonds is 8. The second kappa shape index (κ2) is 9.48. The van der Waals surface area contributed by atoms with E-state index in [4.69, 9.17) is 14.2 Å². The molecule has 1 aliphatic rings. The quantitative estimate of drug-likeness (QED) is 0.691. The Hall–Kier alpha value is -2.45. The number of ether oxygens (including phenoxy) is 3. The van der Waals surface area contributed by atoms with Crippen molar-refractivity contribution in [1.29, 1.82) is 0 Å². The van der Waals surface area contributed by atoms with E-state index in [9.17, 15) is 4.79 Å². The third-order valence-electron chi connectivity index (χ3n) is 3.87. The highest BCUT2D eigenvalue weighted by Gasteiger charge is 2.22. The van der Waals surface area contributed by atoms with Gasteiger partial charge in [0.25, 0.3) is 0 Å². The summed E-state index contributed by atoms with van der Waals surface area (Å²) in [6.07, 6.45) is 5.15. The molecule has 0 radical (unpaired) electrons. The first-order valence-electron chi connectivity index (χ1n) is 9.03. The van der Waals surface area contributed by atoms with Crippen LogP contribution in [0.4, 0.5) is 5.13 Å². The topological polar surface area (TPSA) is 82.6 Å². The van der Waals surface area contributed by atoms with Gasteiger partial charge in [-0.15, -0.1) is 10.2 Å². The van der Waals surface area contributed by atoms with E-state index in [1.807, 2.05) is 32.0 Å². The lowest BCUT2D eigenvalue weighted by Crippen LogP contribution is -2.07. The van der Waals surface area contributed by atoms with Crippen LogP contribution in [0.25, 0.3) is 6.08 Å². The van der Waals surface area contributed by atoms with Gasteiger partial charge in [-0.25, -0.2) is 0 Å². The number of nitrogens with one attached hydrogen (secondary N) is 1. The van der Waals surface area contributed by atoms with Crippen LogP contribution < -0.4 is 14.8 Å².